The second kappa shape index (κ2) is 13.2. The summed E-state index contributed by atoms with van der Waals surface area (Å²) in [4.78, 5) is 10.2. The highest BCUT2D eigenvalue weighted by Gasteiger charge is 2.22. The topological polar surface area (TPSA) is 25.8 Å². The number of benzene rings is 9. The minimum Gasteiger partial charge on any atom is -0.228 e. The van der Waals surface area contributed by atoms with Gasteiger partial charge in [-0.25, -0.2) is 9.97 Å². The lowest BCUT2D eigenvalue weighted by atomic mass is 9.87. The van der Waals surface area contributed by atoms with E-state index in [0.717, 1.165) is 33.6 Å². The number of nitrogens with zero attached hydrogens (tertiary/aromatic N) is 2. The van der Waals surface area contributed by atoms with Gasteiger partial charge in [0.1, 0.15) is 0 Å². The molecule has 0 radical (unpaired) electrons. The summed E-state index contributed by atoms with van der Waals surface area (Å²) in [5.41, 5.74) is 17.3. The SMILES string of the molecule is c1ccc(-c2cc(-c3cccc(-c4ccc5ccccc5c4-c4cccc(-c5ccc6c(c5)-c5cccc7cccc-6c57)c4)c3)nc(-c3ccccc3)n2)cc1. The highest BCUT2D eigenvalue weighted by molar-refractivity contribution is 6.15. The molecular formula is C54H34N2. The van der Waals surface area contributed by atoms with Crippen molar-refractivity contribution in [2.75, 3.05) is 0 Å². The zero-order valence-electron chi connectivity index (χ0n) is 30.5. The summed E-state index contributed by atoms with van der Waals surface area (Å²) in [5, 5.41) is 5.09. The molecule has 1 heterocycles. The van der Waals surface area contributed by atoms with Crippen molar-refractivity contribution in [3.8, 4) is 89.5 Å². The van der Waals surface area contributed by atoms with E-state index in [4.69, 9.17) is 9.97 Å². The fourth-order valence-corrected chi connectivity index (χ4v) is 8.56. The molecule has 1 aliphatic rings. The molecule has 0 fully saturated rings. The van der Waals surface area contributed by atoms with Crippen molar-refractivity contribution in [3.05, 3.63) is 206 Å². The minimum atomic E-state index is 0.711. The lowest BCUT2D eigenvalue weighted by molar-refractivity contribution is 1.18. The van der Waals surface area contributed by atoms with E-state index in [0.29, 0.717) is 5.82 Å². The molecule has 0 atom stereocenters. The molecule has 56 heavy (non-hydrogen) atoms. The number of rotatable bonds is 6. The van der Waals surface area contributed by atoms with Crippen LogP contribution in [0.15, 0.2) is 206 Å². The van der Waals surface area contributed by atoms with E-state index >= 15 is 0 Å². The van der Waals surface area contributed by atoms with E-state index in [9.17, 15) is 0 Å². The van der Waals surface area contributed by atoms with Crippen LogP contribution in [0.4, 0.5) is 0 Å². The minimum absolute atomic E-state index is 0.711. The lowest BCUT2D eigenvalue weighted by Gasteiger charge is -2.16. The van der Waals surface area contributed by atoms with E-state index < -0.39 is 0 Å². The van der Waals surface area contributed by atoms with Crippen molar-refractivity contribution in [2.45, 2.75) is 0 Å². The quantitative estimate of drug-likeness (QED) is 0.172. The van der Waals surface area contributed by atoms with Crippen LogP contribution < -0.4 is 0 Å². The summed E-state index contributed by atoms with van der Waals surface area (Å²) in [7, 11) is 0. The van der Waals surface area contributed by atoms with Crippen LogP contribution in [-0.4, -0.2) is 9.97 Å². The van der Waals surface area contributed by atoms with E-state index in [1.807, 2.05) is 24.3 Å². The van der Waals surface area contributed by atoms with Gasteiger partial charge in [0.05, 0.1) is 11.4 Å². The van der Waals surface area contributed by atoms with Crippen molar-refractivity contribution in [2.24, 2.45) is 0 Å². The Balaban J connectivity index is 1.04. The largest absolute Gasteiger partial charge is 0.228 e. The molecule has 0 spiro atoms. The molecule has 10 aromatic rings. The van der Waals surface area contributed by atoms with Gasteiger partial charge >= 0.3 is 0 Å². The molecule has 0 unspecified atom stereocenters. The van der Waals surface area contributed by atoms with Crippen LogP contribution in [0.1, 0.15) is 0 Å². The number of fused-ring (bicyclic) bond motifs is 4. The van der Waals surface area contributed by atoms with Crippen LogP contribution in [0.5, 0.6) is 0 Å². The molecule has 0 saturated heterocycles. The molecule has 2 heteroatoms. The summed E-state index contributed by atoms with van der Waals surface area (Å²) < 4.78 is 0. The van der Waals surface area contributed by atoms with E-state index in [1.165, 1.54) is 71.6 Å². The van der Waals surface area contributed by atoms with Crippen molar-refractivity contribution in [3.63, 3.8) is 0 Å². The first-order chi connectivity index (χ1) is 27.7. The van der Waals surface area contributed by atoms with Crippen LogP contribution in [0.25, 0.3) is 111 Å². The zero-order valence-corrected chi connectivity index (χ0v) is 30.5. The van der Waals surface area contributed by atoms with Gasteiger partial charge in [0.2, 0.25) is 0 Å². The molecule has 9 aromatic carbocycles. The Kier molecular flexibility index (Phi) is 7.53. The third-order valence-electron chi connectivity index (χ3n) is 11.2. The summed E-state index contributed by atoms with van der Waals surface area (Å²) in [5.74, 6) is 0.711. The zero-order chi connectivity index (χ0) is 37.0. The fraction of sp³-hybridized carbons (Fsp3) is 0. The summed E-state index contributed by atoms with van der Waals surface area (Å²) in [6.07, 6.45) is 0. The Labute approximate surface area is 326 Å². The maximum absolute atomic E-state index is 5.15. The molecule has 0 saturated carbocycles. The molecule has 0 aliphatic heterocycles. The second-order valence-corrected chi connectivity index (χ2v) is 14.5. The third kappa shape index (κ3) is 5.42. The van der Waals surface area contributed by atoms with E-state index in [2.05, 4.69) is 182 Å². The Morgan fingerprint density at radius 2 is 0.821 bits per heavy atom. The lowest BCUT2D eigenvalue weighted by Crippen LogP contribution is -1.96. The maximum atomic E-state index is 5.15. The molecule has 260 valence electrons. The monoisotopic (exact) mass is 710 g/mol. The van der Waals surface area contributed by atoms with Gasteiger partial charge in [-0.1, -0.05) is 182 Å². The average molecular weight is 711 g/mol. The molecule has 0 amide bonds. The predicted octanol–water partition coefficient (Wildman–Crippen LogP) is 14.4. The Morgan fingerprint density at radius 3 is 1.62 bits per heavy atom. The molecule has 1 aromatic heterocycles. The van der Waals surface area contributed by atoms with Gasteiger partial charge in [0.15, 0.2) is 5.82 Å². The summed E-state index contributed by atoms with van der Waals surface area (Å²) in [6, 6.07) is 74.1. The van der Waals surface area contributed by atoms with Gasteiger partial charge in [0, 0.05) is 16.7 Å². The van der Waals surface area contributed by atoms with E-state index in [1.54, 1.807) is 0 Å². The summed E-state index contributed by atoms with van der Waals surface area (Å²) >= 11 is 0. The van der Waals surface area contributed by atoms with Crippen LogP contribution >= 0.6 is 0 Å². The normalized spacial score (nSPS) is 11.6. The van der Waals surface area contributed by atoms with Gasteiger partial charge in [-0.3, -0.25) is 0 Å². The Hall–Kier alpha value is -7.42. The summed E-state index contributed by atoms with van der Waals surface area (Å²) in [6.45, 7) is 0. The second-order valence-electron chi connectivity index (χ2n) is 14.5. The van der Waals surface area contributed by atoms with Crippen LogP contribution in [0, 0.1) is 0 Å². The van der Waals surface area contributed by atoms with Crippen LogP contribution in [0.2, 0.25) is 0 Å². The number of hydrogen-bond acceptors (Lipinski definition) is 2. The van der Waals surface area contributed by atoms with E-state index in [-0.39, 0.29) is 0 Å². The third-order valence-corrected chi connectivity index (χ3v) is 11.2. The highest BCUT2D eigenvalue weighted by Crippen LogP contribution is 2.48. The smallest absolute Gasteiger partial charge is 0.160 e. The highest BCUT2D eigenvalue weighted by atomic mass is 14.9. The molecule has 0 N–H and O–H groups in total. The molecule has 0 bridgehead atoms. The predicted molar refractivity (Wildman–Crippen MR) is 234 cm³/mol. The van der Waals surface area contributed by atoms with Crippen molar-refractivity contribution < 1.29 is 0 Å². The average Bonchev–Trinajstić information content (AvgIpc) is 3.60. The van der Waals surface area contributed by atoms with Gasteiger partial charge in [0.25, 0.3) is 0 Å². The molecule has 2 nitrogen and oxygen atoms in total. The van der Waals surface area contributed by atoms with Crippen molar-refractivity contribution in [1.82, 2.24) is 9.97 Å². The van der Waals surface area contributed by atoms with Gasteiger partial charge in [-0.15, -0.1) is 0 Å². The molecular weight excluding hydrogens is 677 g/mol. The van der Waals surface area contributed by atoms with Crippen LogP contribution in [0.3, 0.4) is 0 Å². The maximum Gasteiger partial charge on any atom is 0.160 e. The standard InChI is InChI=1S/C54H34N2/c1-3-14-36(15-4-1)50-34-51(56-54(55-50)38-16-5-2-6-17-38)42-22-10-21-41(32-42)45-29-27-35-13-7-8-24-44(35)53(45)43-23-9-20-39(31-43)40-28-30-46-47-25-11-18-37-19-12-26-48(52(37)47)49(46)33-40/h1-34H. The number of hydrogen-bond donors (Lipinski definition) is 0. The molecule has 1 aliphatic carbocycles. The first-order valence-electron chi connectivity index (χ1n) is 19.1. The van der Waals surface area contributed by atoms with Crippen molar-refractivity contribution >= 4 is 21.5 Å². The van der Waals surface area contributed by atoms with Gasteiger partial charge in [-0.2, -0.15) is 0 Å². The fourth-order valence-electron chi connectivity index (χ4n) is 8.56. The van der Waals surface area contributed by atoms with Crippen LogP contribution in [-0.2, 0) is 0 Å². The van der Waals surface area contributed by atoms with Gasteiger partial charge < -0.3 is 0 Å². The first-order valence-corrected chi connectivity index (χ1v) is 19.1. The van der Waals surface area contributed by atoms with Crippen molar-refractivity contribution in [1.29, 1.82) is 0 Å². The number of aromatic nitrogens is 2. The van der Waals surface area contributed by atoms with Gasteiger partial charge in [-0.05, 0) is 101 Å². The molecule has 11 rings (SSSR count). The first kappa shape index (κ1) is 32.0. The Bertz CT molecular complexity index is 3060. The Morgan fingerprint density at radius 1 is 0.268 bits per heavy atom.